The van der Waals surface area contributed by atoms with Crippen molar-refractivity contribution in [1.29, 1.82) is 0 Å². The van der Waals surface area contributed by atoms with Gasteiger partial charge in [-0.2, -0.15) is 10.2 Å². The Bertz CT molecular complexity index is 988. The van der Waals surface area contributed by atoms with Crippen molar-refractivity contribution < 1.29 is 0 Å². The van der Waals surface area contributed by atoms with E-state index in [1.165, 1.54) is 5.56 Å². The predicted molar refractivity (Wildman–Crippen MR) is 119 cm³/mol. The summed E-state index contributed by atoms with van der Waals surface area (Å²) in [5.74, 6) is 0. The number of hydrazone groups is 1. The van der Waals surface area contributed by atoms with Gasteiger partial charge in [0.2, 0.25) is 0 Å². The molecule has 0 spiro atoms. The van der Waals surface area contributed by atoms with Crippen LogP contribution < -0.4 is 0 Å². The van der Waals surface area contributed by atoms with Crippen molar-refractivity contribution in [2.45, 2.75) is 20.4 Å². The molecule has 1 aromatic heterocycles. The summed E-state index contributed by atoms with van der Waals surface area (Å²) >= 11 is 6.30. The van der Waals surface area contributed by atoms with Crippen molar-refractivity contribution in [3.8, 4) is 5.69 Å². The van der Waals surface area contributed by atoms with Crippen molar-refractivity contribution in [1.82, 2.24) is 19.7 Å². The van der Waals surface area contributed by atoms with Gasteiger partial charge in [-0.05, 0) is 37.6 Å². The molecule has 29 heavy (non-hydrogen) atoms. The van der Waals surface area contributed by atoms with E-state index in [0.29, 0.717) is 0 Å². The maximum absolute atomic E-state index is 6.30. The van der Waals surface area contributed by atoms with E-state index >= 15 is 0 Å². The lowest BCUT2D eigenvalue weighted by Gasteiger charge is -2.33. The molecule has 2 aromatic carbocycles. The van der Waals surface area contributed by atoms with Crippen LogP contribution in [0.15, 0.2) is 59.7 Å². The lowest BCUT2D eigenvalue weighted by Crippen LogP contribution is -2.43. The van der Waals surface area contributed by atoms with Gasteiger partial charge in [0, 0.05) is 43.3 Å². The Morgan fingerprint density at radius 1 is 0.966 bits per heavy atom. The monoisotopic (exact) mass is 407 g/mol. The number of hydrogen-bond acceptors (Lipinski definition) is 4. The molecule has 1 aliphatic rings. The first kappa shape index (κ1) is 19.7. The summed E-state index contributed by atoms with van der Waals surface area (Å²) in [6, 6.07) is 18.3. The average Bonchev–Trinajstić information content (AvgIpc) is 3.03. The SMILES string of the molecule is Cc1nn(-c2ccccc2)c(C)c1/C=N/N1CCN(Cc2ccccc2Cl)CC1. The van der Waals surface area contributed by atoms with Crippen LogP contribution in [0.1, 0.15) is 22.5 Å². The van der Waals surface area contributed by atoms with Crippen LogP contribution in [0.25, 0.3) is 5.69 Å². The molecule has 5 nitrogen and oxygen atoms in total. The van der Waals surface area contributed by atoms with E-state index in [0.717, 1.165) is 60.4 Å². The number of rotatable bonds is 5. The van der Waals surface area contributed by atoms with Gasteiger partial charge < -0.3 is 0 Å². The topological polar surface area (TPSA) is 36.7 Å². The molecule has 0 amide bonds. The van der Waals surface area contributed by atoms with E-state index in [1.807, 2.05) is 54.2 Å². The van der Waals surface area contributed by atoms with Crippen LogP contribution in [0.4, 0.5) is 0 Å². The number of aryl methyl sites for hydroxylation is 1. The van der Waals surface area contributed by atoms with Crippen molar-refractivity contribution in [2.75, 3.05) is 26.2 Å². The molecule has 2 heterocycles. The fourth-order valence-electron chi connectivity index (χ4n) is 3.68. The van der Waals surface area contributed by atoms with Gasteiger partial charge in [0.05, 0.1) is 23.3 Å². The van der Waals surface area contributed by atoms with E-state index in [-0.39, 0.29) is 0 Å². The Kier molecular flexibility index (Phi) is 5.97. The number of nitrogens with zero attached hydrogens (tertiary/aromatic N) is 5. The molecule has 1 fully saturated rings. The van der Waals surface area contributed by atoms with Crippen molar-refractivity contribution >= 4 is 17.8 Å². The Hall–Kier alpha value is -2.63. The zero-order valence-electron chi connectivity index (χ0n) is 16.9. The molecule has 6 heteroatoms. The second kappa shape index (κ2) is 8.80. The number of hydrogen-bond donors (Lipinski definition) is 0. The van der Waals surface area contributed by atoms with Crippen LogP contribution >= 0.6 is 11.6 Å². The molecule has 1 aliphatic heterocycles. The number of para-hydroxylation sites is 1. The Balaban J connectivity index is 1.39. The van der Waals surface area contributed by atoms with E-state index in [9.17, 15) is 0 Å². The Morgan fingerprint density at radius 2 is 1.66 bits per heavy atom. The predicted octanol–water partition coefficient (Wildman–Crippen LogP) is 4.29. The van der Waals surface area contributed by atoms with Gasteiger partial charge in [0.25, 0.3) is 0 Å². The average molecular weight is 408 g/mol. The number of aromatic nitrogens is 2. The van der Waals surface area contributed by atoms with Crippen molar-refractivity contribution in [3.05, 3.63) is 82.1 Å². The van der Waals surface area contributed by atoms with Crippen LogP contribution in [0.3, 0.4) is 0 Å². The first-order valence-corrected chi connectivity index (χ1v) is 10.4. The number of benzene rings is 2. The van der Waals surface area contributed by atoms with E-state index in [4.69, 9.17) is 21.8 Å². The first-order chi connectivity index (χ1) is 14.1. The van der Waals surface area contributed by atoms with Crippen LogP contribution in [0.2, 0.25) is 5.02 Å². The van der Waals surface area contributed by atoms with Crippen molar-refractivity contribution in [3.63, 3.8) is 0 Å². The fourth-order valence-corrected chi connectivity index (χ4v) is 3.88. The molecule has 0 unspecified atom stereocenters. The molecular formula is C23H26ClN5. The zero-order chi connectivity index (χ0) is 20.2. The second-order valence-electron chi connectivity index (χ2n) is 7.40. The third-order valence-corrected chi connectivity index (χ3v) is 5.77. The van der Waals surface area contributed by atoms with Gasteiger partial charge in [-0.1, -0.05) is 48.0 Å². The minimum atomic E-state index is 0.842. The summed E-state index contributed by atoms with van der Waals surface area (Å²) in [7, 11) is 0. The highest BCUT2D eigenvalue weighted by molar-refractivity contribution is 6.31. The van der Waals surface area contributed by atoms with Gasteiger partial charge in [-0.25, -0.2) is 4.68 Å². The van der Waals surface area contributed by atoms with Gasteiger partial charge in [0.1, 0.15) is 0 Å². The molecular weight excluding hydrogens is 382 g/mol. The molecule has 3 aromatic rings. The molecule has 1 saturated heterocycles. The van der Waals surface area contributed by atoms with Crippen LogP contribution in [0, 0.1) is 13.8 Å². The Labute approximate surface area is 177 Å². The van der Waals surface area contributed by atoms with Gasteiger partial charge in [-0.15, -0.1) is 0 Å². The number of halogens is 1. The third kappa shape index (κ3) is 4.52. The highest BCUT2D eigenvalue weighted by Crippen LogP contribution is 2.19. The molecule has 150 valence electrons. The fraction of sp³-hybridized carbons (Fsp3) is 0.304. The minimum Gasteiger partial charge on any atom is -0.295 e. The molecule has 0 radical (unpaired) electrons. The molecule has 0 aliphatic carbocycles. The maximum atomic E-state index is 6.30. The van der Waals surface area contributed by atoms with E-state index in [2.05, 4.69) is 35.0 Å². The highest BCUT2D eigenvalue weighted by Gasteiger charge is 2.17. The summed E-state index contributed by atoms with van der Waals surface area (Å²) in [5, 5.41) is 12.4. The summed E-state index contributed by atoms with van der Waals surface area (Å²) in [5.41, 5.74) is 5.45. The first-order valence-electron chi connectivity index (χ1n) is 9.98. The summed E-state index contributed by atoms with van der Waals surface area (Å²) < 4.78 is 1.98. The van der Waals surface area contributed by atoms with Gasteiger partial charge >= 0.3 is 0 Å². The smallest absolute Gasteiger partial charge is 0.0689 e. The summed E-state index contributed by atoms with van der Waals surface area (Å²) in [6.45, 7) is 8.79. The molecule has 0 saturated carbocycles. The van der Waals surface area contributed by atoms with E-state index < -0.39 is 0 Å². The normalized spacial score (nSPS) is 15.3. The Morgan fingerprint density at radius 3 is 2.38 bits per heavy atom. The largest absolute Gasteiger partial charge is 0.295 e. The van der Waals surface area contributed by atoms with Gasteiger partial charge in [-0.3, -0.25) is 9.91 Å². The minimum absolute atomic E-state index is 0.842. The van der Waals surface area contributed by atoms with Crippen molar-refractivity contribution in [2.24, 2.45) is 5.10 Å². The van der Waals surface area contributed by atoms with E-state index in [1.54, 1.807) is 0 Å². The van der Waals surface area contributed by atoms with Crippen LogP contribution in [-0.2, 0) is 6.54 Å². The van der Waals surface area contributed by atoms with Crippen LogP contribution in [0.5, 0.6) is 0 Å². The zero-order valence-corrected chi connectivity index (χ0v) is 17.7. The third-order valence-electron chi connectivity index (χ3n) is 5.40. The quantitative estimate of drug-likeness (QED) is 0.592. The maximum Gasteiger partial charge on any atom is 0.0689 e. The molecule has 4 rings (SSSR count). The van der Waals surface area contributed by atoms with Crippen LogP contribution in [-0.4, -0.2) is 52.1 Å². The molecule has 0 atom stereocenters. The lowest BCUT2D eigenvalue weighted by atomic mass is 10.2. The highest BCUT2D eigenvalue weighted by atomic mass is 35.5. The second-order valence-corrected chi connectivity index (χ2v) is 7.80. The van der Waals surface area contributed by atoms with Gasteiger partial charge in [0.15, 0.2) is 0 Å². The molecule has 0 bridgehead atoms. The number of piperazine rings is 1. The summed E-state index contributed by atoms with van der Waals surface area (Å²) in [4.78, 5) is 2.43. The summed E-state index contributed by atoms with van der Waals surface area (Å²) in [6.07, 6.45) is 1.96. The lowest BCUT2D eigenvalue weighted by molar-refractivity contribution is 0.131. The standard InChI is InChI=1S/C23H26ClN5/c1-18-22(19(2)29(26-18)21-9-4-3-5-10-21)16-25-28-14-12-27(13-15-28)17-20-8-6-7-11-23(20)24/h3-11,16H,12-15,17H2,1-2H3/b25-16+. The molecule has 0 N–H and O–H groups in total.